The zero-order chi connectivity index (χ0) is 10.1. The molecule has 0 fully saturated rings. The molecule has 0 aliphatic rings. The van der Waals surface area contributed by atoms with E-state index in [1.54, 1.807) is 0 Å². The summed E-state index contributed by atoms with van der Waals surface area (Å²) < 4.78 is 4.99. The fourth-order valence-corrected chi connectivity index (χ4v) is 1.37. The fourth-order valence-electron chi connectivity index (χ4n) is 1.37. The van der Waals surface area contributed by atoms with Crippen molar-refractivity contribution >= 4 is 16.8 Å². The van der Waals surface area contributed by atoms with E-state index in [4.69, 9.17) is 4.52 Å². The highest BCUT2D eigenvalue weighted by Gasteiger charge is 2.09. The number of hydrogen-bond donors (Lipinski definition) is 0. The number of fused-ring (bicyclic) bond motifs is 1. The first-order valence-electron chi connectivity index (χ1n) is 4.45. The van der Waals surface area contributed by atoms with Gasteiger partial charge in [-0.3, -0.25) is 0 Å². The second-order valence-corrected chi connectivity index (χ2v) is 3.51. The van der Waals surface area contributed by atoms with Gasteiger partial charge in [0.2, 0.25) is 5.82 Å². The molecule has 2 rings (SSSR count). The maximum Gasteiger partial charge on any atom is 0.246 e. The van der Waals surface area contributed by atoms with Gasteiger partial charge in [-0.15, -0.1) is 4.91 Å². The number of nitrogens with zero attached hydrogens (tertiary/aromatic N) is 2. The summed E-state index contributed by atoms with van der Waals surface area (Å²) in [7, 11) is 0. The molecular formula is C10H10N2O2. The number of hydrogen-bond acceptors (Lipinski definition) is 4. The van der Waals surface area contributed by atoms with Crippen LogP contribution in [0.2, 0.25) is 0 Å². The molecule has 4 heteroatoms. The summed E-state index contributed by atoms with van der Waals surface area (Å²) in [5.74, 6) is 0.549. The largest absolute Gasteiger partial charge is 0.354 e. The molecule has 1 aromatic heterocycles. The first-order valence-corrected chi connectivity index (χ1v) is 4.45. The fraction of sp³-hybridized carbons (Fsp3) is 0.300. The van der Waals surface area contributed by atoms with Gasteiger partial charge >= 0.3 is 0 Å². The van der Waals surface area contributed by atoms with Gasteiger partial charge in [0.1, 0.15) is 0 Å². The summed E-state index contributed by atoms with van der Waals surface area (Å²) in [6.45, 7) is 4.19. The van der Waals surface area contributed by atoms with E-state index in [1.165, 1.54) is 0 Å². The Kier molecular flexibility index (Phi) is 2.04. The molecule has 0 saturated carbocycles. The van der Waals surface area contributed by atoms with Crippen LogP contribution in [0.4, 0.5) is 5.82 Å². The van der Waals surface area contributed by atoms with Crippen LogP contribution < -0.4 is 0 Å². The van der Waals surface area contributed by atoms with Gasteiger partial charge in [0.15, 0.2) is 5.58 Å². The van der Waals surface area contributed by atoms with Crippen molar-refractivity contribution in [1.82, 2.24) is 5.16 Å². The Morgan fingerprint density at radius 1 is 1.43 bits per heavy atom. The summed E-state index contributed by atoms with van der Waals surface area (Å²) in [5, 5.41) is 7.01. The van der Waals surface area contributed by atoms with Crippen LogP contribution in [0.25, 0.3) is 11.0 Å². The highest BCUT2D eigenvalue weighted by molar-refractivity contribution is 5.86. The number of rotatable bonds is 2. The third-order valence-corrected chi connectivity index (χ3v) is 2.23. The van der Waals surface area contributed by atoms with Gasteiger partial charge in [-0.1, -0.05) is 25.1 Å². The van der Waals surface area contributed by atoms with E-state index in [2.05, 4.69) is 24.2 Å². The molecule has 0 aliphatic carbocycles. The standard InChI is InChI=1S/C10H10N2O2/c1-6(2)7-3-4-8-9(5-7)14-12-10(8)11-13/h3-6H,1-2H3. The molecule has 1 heterocycles. The van der Waals surface area contributed by atoms with Crippen molar-refractivity contribution < 1.29 is 4.52 Å². The van der Waals surface area contributed by atoms with Gasteiger partial charge in [-0.2, -0.15) is 0 Å². The first kappa shape index (κ1) is 8.87. The molecule has 72 valence electrons. The average molecular weight is 190 g/mol. The monoisotopic (exact) mass is 190 g/mol. The van der Waals surface area contributed by atoms with E-state index in [1.807, 2.05) is 18.2 Å². The minimum atomic E-state index is 0.121. The van der Waals surface area contributed by atoms with Gasteiger partial charge in [-0.05, 0) is 28.8 Å². The van der Waals surface area contributed by atoms with Gasteiger partial charge in [-0.25, -0.2) is 0 Å². The predicted octanol–water partition coefficient (Wildman–Crippen LogP) is 3.35. The maximum atomic E-state index is 10.3. The quantitative estimate of drug-likeness (QED) is 0.682. The lowest BCUT2D eigenvalue weighted by molar-refractivity contribution is 0.458. The molecule has 0 aliphatic heterocycles. The van der Waals surface area contributed by atoms with Crippen LogP contribution in [0.1, 0.15) is 25.3 Å². The molecule has 0 spiro atoms. The number of nitroso groups, excluding NO2 is 1. The number of benzene rings is 1. The van der Waals surface area contributed by atoms with Crippen LogP contribution in [0.15, 0.2) is 27.9 Å². The normalized spacial score (nSPS) is 11.1. The summed E-state index contributed by atoms with van der Waals surface area (Å²) >= 11 is 0. The van der Waals surface area contributed by atoms with Crippen molar-refractivity contribution in [3.63, 3.8) is 0 Å². The Balaban J connectivity index is 2.63. The average Bonchev–Trinajstić information content (AvgIpc) is 2.59. The Bertz CT molecular complexity index is 474. The van der Waals surface area contributed by atoms with Crippen molar-refractivity contribution in [2.45, 2.75) is 19.8 Å². The van der Waals surface area contributed by atoms with Gasteiger partial charge in [0, 0.05) is 0 Å². The van der Waals surface area contributed by atoms with Gasteiger partial charge in [0.25, 0.3) is 0 Å². The minimum absolute atomic E-state index is 0.121. The van der Waals surface area contributed by atoms with Gasteiger partial charge in [0.05, 0.1) is 5.39 Å². The highest BCUT2D eigenvalue weighted by atomic mass is 16.5. The minimum Gasteiger partial charge on any atom is -0.354 e. The van der Waals surface area contributed by atoms with E-state index in [-0.39, 0.29) is 5.82 Å². The van der Waals surface area contributed by atoms with Crippen LogP contribution in [-0.4, -0.2) is 5.16 Å². The van der Waals surface area contributed by atoms with E-state index in [0.29, 0.717) is 16.9 Å². The third-order valence-electron chi connectivity index (χ3n) is 2.23. The first-order chi connectivity index (χ1) is 6.72. The molecule has 2 aromatic rings. The lowest BCUT2D eigenvalue weighted by Crippen LogP contribution is -1.84. The Morgan fingerprint density at radius 3 is 2.86 bits per heavy atom. The van der Waals surface area contributed by atoms with Crippen LogP contribution >= 0.6 is 0 Å². The lowest BCUT2D eigenvalue weighted by atomic mass is 10.0. The molecule has 14 heavy (non-hydrogen) atoms. The molecule has 1 aromatic carbocycles. The van der Waals surface area contributed by atoms with Crippen molar-refractivity contribution in [2.24, 2.45) is 5.18 Å². The van der Waals surface area contributed by atoms with Crippen LogP contribution in [-0.2, 0) is 0 Å². The van der Waals surface area contributed by atoms with Crippen molar-refractivity contribution in [1.29, 1.82) is 0 Å². The molecule has 0 radical (unpaired) electrons. The smallest absolute Gasteiger partial charge is 0.246 e. The van der Waals surface area contributed by atoms with E-state index in [9.17, 15) is 4.91 Å². The second-order valence-electron chi connectivity index (χ2n) is 3.51. The summed E-state index contributed by atoms with van der Waals surface area (Å²) in [5.41, 5.74) is 1.77. The van der Waals surface area contributed by atoms with E-state index < -0.39 is 0 Å². The molecule has 0 atom stereocenters. The predicted molar refractivity (Wildman–Crippen MR) is 53.6 cm³/mol. The number of aromatic nitrogens is 1. The SMILES string of the molecule is CC(C)c1ccc2c(N=O)noc2c1. The summed E-state index contributed by atoms with van der Waals surface area (Å²) in [4.78, 5) is 10.3. The summed E-state index contributed by atoms with van der Waals surface area (Å²) in [6.07, 6.45) is 0. The maximum absolute atomic E-state index is 10.3. The molecule has 4 nitrogen and oxygen atoms in total. The second kappa shape index (κ2) is 3.21. The lowest BCUT2D eigenvalue weighted by Gasteiger charge is -2.02. The van der Waals surface area contributed by atoms with Gasteiger partial charge < -0.3 is 4.52 Å². The topological polar surface area (TPSA) is 55.5 Å². The van der Waals surface area contributed by atoms with Crippen LogP contribution in [0.5, 0.6) is 0 Å². The van der Waals surface area contributed by atoms with Crippen LogP contribution in [0, 0.1) is 4.91 Å². The molecule has 0 saturated heterocycles. The van der Waals surface area contributed by atoms with Crippen LogP contribution in [0.3, 0.4) is 0 Å². The van der Waals surface area contributed by atoms with Crippen molar-refractivity contribution in [3.05, 3.63) is 28.7 Å². The van der Waals surface area contributed by atoms with Crippen molar-refractivity contribution in [2.75, 3.05) is 0 Å². The van der Waals surface area contributed by atoms with E-state index >= 15 is 0 Å². The molecule has 0 N–H and O–H groups in total. The molecule has 0 amide bonds. The molecule has 0 bridgehead atoms. The van der Waals surface area contributed by atoms with Crippen molar-refractivity contribution in [3.8, 4) is 0 Å². The Hall–Kier alpha value is -1.71. The Labute approximate surface area is 80.9 Å². The zero-order valence-electron chi connectivity index (χ0n) is 8.02. The van der Waals surface area contributed by atoms with E-state index in [0.717, 1.165) is 5.56 Å². The zero-order valence-corrected chi connectivity index (χ0v) is 8.02. The highest BCUT2D eigenvalue weighted by Crippen LogP contribution is 2.27. The summed E-state index contributed by atoms with van der Waals surface area (Å²) in [6, 6.07) is 5.67. The Morgan fingerprint density at radius 2 is 2.21 bits per heavy atom. The molecule has 0 unspecified atom stereocenters. The third kappa shape index (κ3) is 1.28. The molecular weight excluding hydrogens is 180 g/mol.